The molecule has 2 N–H and O–H groups in total. The summed E-state index contributed by atoms with van der Waals surface area (Å²) >= 11 is 6.08. The number of fused-ring (bicyclic) bond motifs is 1. The number of hydrogen-bond donors (Lipinski definition) is 2. The summed E-state index contributed by atoms with van der Waals surface area (Å²) in [5, 5.41) is 10.6. The van der Waals surface area contributed by atoms with E-state index in [2.05, 4.69) is 4.98 Å². The summed E-state index contributed by atoms with van der Waals surface area (Å²) in [6, 6.07) is 15.6. The third-order valence-corrected chi connectivity index (χ3v) is 3.75. The van der Waals surface area contributed by atoms with Crippen LogP contribution in [0.3, 0.4) is 0 Å². The van der Waals surface area contributed by atoms with Crippen molar-refractivity contribution in [3.63, 3.8) is 0 Å². The molecular weight excluding hydrogens is 286 g/mol. The average Bonchev–Trinajstić information content (AvgIpc) is 2.84. The normalized spacial score (nSPS) is 10.9. The lowest BCUT2D eigenvalue weighted by Crippen LogP contribution is -1.98. The second-order valence-corrected chi connectivity index (χ2v) is 5.36. The summed E-state index contributed by atoms with van der Waals surface area (Å²) in [4.78, 5) is 14.3. The first-order valence-electron chi connectivity index (χ1n) is 6.72. The Morgan fingerprint density at radius 3 is 2.62 bits per heavy atom. The van der Waals surface area contributed by atoms with Gasteiger partial charge in [-0.3, -0.25) is 4.79 Å². The molecule has 3 nitrogen and oxygen atoms in total. The Labute approximate surface area is 127 Å². The number of carboxylic acid groups (broad SMARTS) is 1. The SMILES string of the molecule is O=C(O)CCc1c(-c2ccccc2)[nH]c2ccc(Cl)cc12. The molecule has 21 heavy (non-hydrogen) atoms. The van der Waals surface area contributed by atoms with Crippen LogP contribution >= 0.6 is 11.6 Å². The number of rotatable bonds is 4. The number of aromatic amines is 1. The maximum atomic E-state index is 10.9. The number of carbonyl (C=O) groups is 1. The van der Waals surface area contributed by atoms with Crippen LogP contribution < -0.4 is 0 Å². The predicted molar refractivity (Wildman–Crippen MR) is 84.7 cm³/mol. The van der Waals surface area contributed by atoms with Gasteiger partial charge in [0.2, 0.25) is 0 Å². The first-order valence-corrected chi connectivity index (χ1v) is 7.10. The van der Waals surface area contributed by atoms with Crippen LogP contribution in [0.4, 0.5) is 0 Å². The quantitative estimate of drug-likeness (QED) is 0.745. The Morgan fingerprint density at radius 1 is 1.14 bits per heavy atom. The van der Waals surface area contributed by atoms with E-state index in [0.29, 0.717) is 11.4 Å². The first kappa shape index (κ1) is 13.7. The Hall–Kier alpha value is -2.26. The lowest BCUT2D eigenvalue weighted by molar-refractivity contribution is -0.136. The summed E-state index contributed by atoms with van der Waals surface area (Å²) in [6.07, 6.45) is 0.569. The Bertz CT molecular complexity index is 793. The van der Waals surface area contributed by atoms with Crippen molar-refractivity contribution in [2.45, 2.75) is 12.8 Å². The number of halogens is 1. The van der Waals surface area contributed by atoms with E-state index < -0.39 is 5.97 Å². The molecule has 0 unspecified atom stereocenters. The molecule has 3 aromatic rings. The molecule has 0 aliphatic carbocycles. The van der Waals surface area contributed by atoms with Gasteiger partial charge in [0.15, 0.2) is 0 Å². The predicted octanol–water partition coefficient (Wildman–Crippen LogP) is 4.51. The number of nitrogens with one attached hydrogen (secondary N) is 1. The van der Waals surface area contributed by atoms with Crippen LogP contribution in [0.1, 0.15) is 12.0 Å². The van der Waals surface area contributed by atoms with Gasteiger partial charge in [0.1, 0.15) is 0 Å². The fourth-order valence-corrected chi connectivity index (χ4v) is 2.73. The van der Waals surface area contributed by atoms with E-state index in [1.165, 1.54) is 0 Å². The summed E-state index contributed by atoms with van der Waals surface area (Å²) in [7, 11) is 0. The van der Waals surface area contributed by atoms with E-state index in [9.17, 15) is 4.79 Å². The lowest BCUT2D eigenvalue weighted by atomic mass is 10.0. The fraction of sp³-hybridized carbons (Fsp3) is 0.118. The second-order valence-electron chi connectivity index (χ2n) is 4.93. The lowest BCUT2D eigenvalue weighted by Gasteiger charge is -2.04. The van der Waals surface area contributed by atoms with Gasteiger partial charge < -0.3 is 10.1 Å². The molecule has 0 atom stereocenters. The molecule has 0 saturated carbocycles. The molecule has 0 radical (unpaired) electrons. The number of aryl methyl sites for hydroxylation is 1. The Morgan fingerprint density at radius 2 is 1.90 bits per heavy atom. The Kier molecular flexibility index (Phi) is 3.67. The number of benzene rings is 2. The highest BCUT2D eigenvalue weighted by Crippen LogP contribution is 2.32. The highest BCUT2D eigenvalue weighted by molar-refractivity contribution is 6.31. The Balaban J connectivity index is 2.18. The molecule has 106 valence electrons. The van der Waals surface area contributed by atoms with Crippen molar-refractivity contribution in [2.75, 3.05) is 0 Å². The van der Waals surface area contributed by atoms with Crippen molar-refractivity contribution in [3.05, 3.63) is 59.1 Å². The van der Waals surface area contributed by atoms with Gasteiger partial charge in [0.05, 0.1) is 0 Å². The van der Waals surface area contributed by atoms with E-state index >= 15 is 0 Å². The van der Waals surface area contributed by atoms with E-state index in [0.717, 1.165) is 27.7 Å². The minimum absolute atomic E-state index is 0.0965. The van der Waals surface area contributed by atoms with E-state index in [-0.39, 0.29) is 6.42 Å². The van der Waals surface area contributed by atoms with Crippen LogP contribution in [-0.4, -0.2) is 16.1 Å². The highest BCUT2D eigenvalue weighted by Gasteiger charge is 2.14. The smallest absolute Gasteiger partial charge is 0.303 e. The zero-order valence-corrected chi connectivity index (χ0v) is 12.0. The van der Waals surface area contributed by atoms with Crippen LogP contribution in [0.25, 0.3) is 22.2 Å². The maximum Gasteiger partial charge on any atom is 0.303 e. The zero-order valence-electron chi connectivity index (χ0n) is 11.3. The highest BCUT2D eigenvalue weighted by atomic mass is 35.5. The largest absolute Gasteiger partial charge is 0.481 e. The molecule has 2 aromatic carbocycles. The van der Waals surface area contributed by atoms with Crippen LogP contribution in [0.2, 0.25) is 5.02 Å². The minimum Gasteiger partial charge on any atom is -0.481 e. The second kappa shape index (κ2) is 5.62. The van der Waals surface area contributed by atoms with Crippen LogP contribution in [0, 0.1) is 0 Å². The van der Waals surface area contributed by atoms with Gasteiger partial charge in [-0.05, 0) is 35.7 Å². The van der Waals surface area contributed by atoms with Crippen molar-refractivity contribution in [1.29, 1.82) is 0 Å². The number of aliphatic carboxylic acids is 1. The van der Waals surface area contributed by atoms with Crippen molar-refractivity contribution < 1.29 is 9.90 Å². The standard InChI is InChI=1S/C17H14ClNO2/c18-12-6-8-15-14(10-12)13(7-9-16(20)21)17(19-15)11-4-2-1-3-5-11/h1-6,8,10,19H,7,9H2,(H,20,21). The van der Waals surface area contributed by atoms with Gasteiger partial charge in [-0.25, -0.2) is 0 Å². The first-order chi connectivity index (χ1) is 10.1. The molecule has 0 amide bonds. The van der Waals surface area contributed by atoms with Gasteiger partial charge in [0.25, 0.3) is 0 Å². The number of carboxylic acids is 1. The molecule has 0 aliphatic heterocycles. The summed E-state index contributed by atoms with van der Waals surface area (Å²) in [6.45, 7) is 0. The molecule has 1 aromatic heterocycles. The van der Waals surface area contributed by atoms with Gasteiger partial charge in [-0.15, -0.1) is 0 Å². The molecule has 0 fully saturated rings. The molecule has 0 saturated heterocycles. The van der Waals surface area contributed by atoms with Crippen LogP contribution in [0.5, 0.6) is 0 Å². The molecule has 1 heterocycles. The topological polar surface area (TPSA) is 53.1 Å². The van der Waals surface area contributed by atoms with Crippen molar-refractivity contribution >= 4 is 28.5 Å². The maximum absolute atomic E-state index is 10.9. The summed E-state index contributed by atoms with van der Waals surface area (Å²) < 4.78 is 0. The molecule has 0 bridgehead atoms. The fourth-order valence-electron chi connectivity index (χ4n) is 2.56. The number of hydrogen-bond acceptors (Lipinski definition) is 1. The van der Waals surface area contributed by atoms with E-state index in [4.69, 9.17) is 16.7 Å². The monoisotopic (exact) mass is 299 g/mol. The molecule has 4 heteroatoms. The molecular formula is C17H14ClNO2. The molecule has 0 aliphatic rings. The van der Waals surface area contributed by atoms with Crippen molar-refractivity contribution in [3.8, 4) is 11.3 Å². The third kappa shape index (κ3) is 2.78. The summed E-state index contributed by atoms with van der Waals surface area (Å²) in [5.41, 5.74) is 3.99. The number of aromatic nitrogens is 1. The zero-order chi connectivity index (χ0) is 14.8. The number of H-pyrrole nitrogens is 1. The van der Waals surface area contributed by atoms with Crippen LogP contribution in [0.15, 0.2) is 48.5 Å². The summed E-state index contributed by atoms with van der Waals surface area (Å²) in [5.74, 6) is -0.801. The van der Waals surface area contributed by atoms with Gasteiger partial charge in [-0.1, -0.05) is 41.9 Å². The van der Waals surface area contributed by atoms with Gasteiger partial charge in [-0.2, -0.15) is 0 Å². The van der Waals surface area contributed by atoms with Crippen LogP contribution in [-0.2, 0) is 11.2 Å². The minimum atomic E-state index is -0.801. The molecule has 0 spiro atoms. The van der Waals surface area contributed by atoms with E-state index in [1.807, 2.05) is 48.5 Å². The average molecular weight is 300 g/mol. The van der Waals surface area contributed by atoms with Crippen molar-refractivity contribution in [2.24, 2.45) is 0 Å². The van der Waals surface area contributed by atoms with Gasteiger partial charge in [0, 0.05) is 28.0 Å². The third-order valence-electron chi connectivity index (χ3n) is 3.52. The van der Waals surface area contributed by atoms with E-state index in [1.54, 1.807) is 0 Å². The molecule has 3 rings (SSSR count). The van der Waals surface area contributed by atoms with Gasteiger partial charge >= 0.3 is 5.97 Å². The van der Waals surface area contributed by atoms with Crippen molar-refractivity contribution in [1.82, 2.24) is 4.98 Å².